The average Bonchev–Trinajstić information content (AvgIpc) is 2.27. The fourth-order valence-corrected chi connectivity index (χ4v) is 1.75. The van der Waals surface area contributed by atoms with Gasteiger partial charge in [-0.25, -0.2) is 0 Å². The highest BCUT2D eigenvalue weighted by Crippen LogP contribution is 2.12. The third kappa shape index (κ3) is 5.71. The number of carbonyl (C=O) groups is 1. The molecule has 0 heterocycles. The van der Waals surface area contributed by atoms with Gasteiger partial charge in [0.1, 0.15) is 6.61 Å². The van der Waals surface area contributed by atoms with Gasteiger partial charge in [-0.05, 0) is 24.1 Å². The van der Waals surface area contributed by atoms with E-state index in [-0.39, 0.29) is 25.0 Å². The number of ether oxygens (including phenoxy) is 1. The molecule has 0 fully saturated rings. The molecular weight excluding hydrogens is 238 g/mol. The highest BCUT2D eigenvalue weighted by Gasteiger charge is 2.09. The van der Waals surface area contributed by atoms with Gasteiger partial charge >= 0.3 is 5.97 Å². The lowest BCUT2D eigenvalue weighted by molar-refractivity contribution is -0.145. The minimum Gasteiger partial charge on any atom is -0.461 e. The maximum Gasteiger partial charge on any atom is 0.307 e. The van der Waals surface area contributed by atoms with E-state index in [2.05, 4.69) is 0 Å². The van der Waals surface area contributed by atoms with E-state index < -0.39 is 0 Å². The third-order valence-corrected chi connectivity index (χ3v) is 2.61. The topological polar surface area (TPSA) is 52.3 Å². The van der Waals surface area contributed by atoms with Gasteiger partial charge in [0.15, 0.2) is 0 Å². The first-order chi connectivity index (χ1) is 8.11. The van der Waals surface area contributed by atoms with Crippen molar-refractivity contribution >= 4 is 17.6 Å². The molecule has 0 aromatic heterocycles. The fraction of sp³-hybridized carbons (Fsp3) is 0.462. The van der Waals surface area contributed by atoms with E-state index >= 15 is 0 Å². The normalized spacial score (nSPS) is 12.2. The van der Waals surface area contributed by atoms with Crippen LogP contribution in [0.3, 0.4) is 0 Å². The standard InChI is InChI=1S/C13H18ClNO2/c1-2-4-12(15)8-13(16)17-9-10-5-3-6-11(14)7-10/h3,5-7,12H,2,4,8-9,15H2,1H3. The zero-order chi connectivity index (χ0) is 12.7. The van der Waals surface area contributed by atoms with E-state index in [0.29, 0.717) is 5.02 Å². The van der Waals surface area contributed by atoms with Crippen molar-refractivity contribution in [2.45, 2.75) is 38.8 Å². The second-order valence-corrected chi connectivity index (χ2v) is 4.48. The molecule has 0 saturated carbocycles. The van der Waals surface area contributed by atoms with E-state index in [1.165, 1.54) is 0 Å². The van der Waals surface area contributed by atoms with Gasteiger partial charge in [-0.2, -0.15) is 0 Å². The predicted molar refractivity (Wildman–Crippen MR) is 68.7 cm³/mol. The Morgan fingerprint density at radius 3 is 2.94 bits per heavy atom. The van der Waals surface area contributed by atoms with Gasteiger partial charge in [0, 0.05) is 11.1 Å². The van der Waals surface area contributed by atoms with Gasteiger partial charge < -0.3 is 10.5 Å². The van der Waals surface area contributed by atoms with Crippen LogP contribution in [0.25, 0.3) is 0 Å². The minimum atomic E-state index is -0.258. The summed E-state index contributed by atoms with van der Waals surface area (Å²) in [5.74, 6) is -0.258. The molecule has 1 aromatic carbocycles. The van der Waals surface area contributed by atoms with Crippen LogP contribution in [-0.2, 0) is 16.1 Å². The Labute approximate surface area is 107 Å². The number of hydrogen-bond acceptors (Lipinski definition) is 3. The summed E-state index contributed by atoms with van der Waals surface area (Å²) >= 11 is 5.83. The lowest BCUT2D eigenvalue weighted by atomic mass is 10.1. The molecule has 0 aliphatic heterocycles. The largest absolute Gasteiger partial charge is 0.461 e. The van der Waals surface area contributed by atoms with Crippen molar-refractivity contribution in [1.29, 1.82) is 0 Å². The highest BCUT2D eigenvalue weighted by molar-refractivity contribution is 6.30. The summed E-state index contributed by atoms with van der Waals surface area (Å²) in [4.78, 5) is 11.5. The first kappa shape index (κ1) is 14.0. The molecule has 0 aliphatic rings. The number of hydrogen-bond donors (Lipinski definition) is 1. The monoisotopic (exact) mass is 255 g/mol. The van der Waals surface area contributed by atoms with Crippen LogP contribution in [0.5, 0.6) is 0 Å². The van der Waals surface area contributed by atoms with Gasteiger partial charge in [-0.15, -0.1) is 0 Å². The second-order valence-electron chi connectivity index (χ2n) is 4.04. The Kier molecular flexibility index (Phi) is 6.01. The maximum atomic E-state index is 11.5. The summed E-state index contributed by atoms with van der Waals surface area (Å²) in [6, 6.07) is 7.15. The van der Waals surface area contributed by atoms with Crippen LogP contribution < -0.4 is 5.73 Å². The van der Waals surface area contributed by atoms with Gasteiger partial charge in [0.05, 0.1) is 6.42 Å². The zero-order valence-corrected chi connectivity index (χ0v) is 10.7. The molecular formula is C13H18ClNO2. The molecule has 0 bridgehead atoms. The van der Waals surface area contributed by atoms with E-state index in [9.17, 15) is 4.79 Å². The highest BCUT2D eigenvalue weighted by atomic mass is 35.5. The summed E-state index contributed by atoms with van der Waals surface area (Å²) in [6.45, 7) is 2.29. The van der Waals surface area contributed by atoms with Gasteiger partial charge in [0.25, 0.3) is 0 Å². The second kappa shape index (κ2) is 7.30. The van der Waals surface area contributed by atoms with Crippen molar-refractivity contribution < 1.29 is 9.53 Å². The van der Waals surface area contributed by atoms with Crippen LogP contribution in [0.2, 0.25) is 5.02 Å². The molecule has 17 heavy (non-hydrogen) atoms. The Morgan fingerprint density at radius 1 is 1.53 bits per heavy atom. The maximum absolute atomic E-state index is 11.5. The predicted octanol–water partition coefficient (Wildman–Crippen LogP) is 2.90. The fourth-order valence-electron chi connectivity index (χ4n) is 1.54. The van der Waals surface area contributed by atoms with Gasteiger partial charge in [-0.1, -0.05) is 37.1 Å². The van der Waals surface area contributed by atoms with E-state index in [1.54, 1.807) is 12.1 Å². The lowest BCUT2D eigenvalue weighted by Crippen LogP contribution is -2.24. The van der Waals surface area contributed by atoms with Crippen LogP contribution in [-0.4, -0.2) is 12.0 Å². The van der Waals surface area contributed by atoms with Crippen LogP contribution in [0.1, 0.15) is 31.7 Å². The van der Waals surface area contributed by atoms with Gasteiger partial charge in [0.2, 0.25) is 0 Å². The molecule has 1 aromatic rings. The summed E-state index contributed by atoms with van der Waals surface area (Å²) in [6.07, 6.45) is 2.09. The molecule has 0 aliphatic carbocycles. The van der Waals surface area contributed by atoms with Gasteiger partial charge in [-0.3, -0.25) is 4.79 Å². The lowest BCUT2D eigenvalue weighted by Gasteiger charge is -2.10. The van der Waals surface area contributed by atoms with Crippen LogP contribution in [0.15, 0.2) is 24.3 Å². The Morgan fingerprint density at radius 2 is 2.29 bits per heavy atom. The molecule has 1 rings (SSSR count). The molecule has 1 atom stereocenters. The molecule has 4 heteroatoms. The van der Waals surface area contributed by atoms with E-state index in [1.807, 2.05) is 19.1 Å². The van der Waals surface area contributed by atoms with Crippen molar-refractivity contribution in [3.63, 3.8) is 0 Å². The summed E-state index contributed by atoms with van der Waals surface area (Å²) < 4.78 is 5.12. The molecule has 1 unspecified atom stereocenters. The van der Waals surface area contributed by atoms with Crippen LogP contribution in [0, 0.1) is 0 Å². The molecule has 0 saturated heterocycles. The summed E-state index contributed by atoms with van der Waals surface area (Å²) in [5, 5.41) is 0.640. The molecule has 94 valence electrons. The number of esters is 1. The molecule has 2 N–H and O–H groups in total. The number of carbonyl (C=O) groups excluding carboxylic acids is 1. The van der Waals surface area contributed by atoms with Crippen molar-refractivity contribution in [3.05, 3.63) is 34.9 Å². The first-order valence-corrected chi connectivity index (χ1v) is 6.15. The Balaban J connectivity index is 2.33. The number of halogens is 1. The van der Waals surface area contributed by atoms with Crippen molar-refractivity contribution in [2.75, 3.05) is 0 Å². The molecule has 3 nitrogen and oxygen atoms in total. The smallest absolute Gasteiger partial charge is 0.307 e. The SMILES string of the molecule is CCCC(N)CC(=O)OCc1cccc(Cl)c1. The molecule has 0 radical (unpaired) electrons. The average molecular weight is 256 g/mol. The zero-order valence-electron chi connectivity index (χ0n) is 9.99. The summed E-state index contributed by atoms with van der Waals surface area (Å²) in [7, 11) is 0. The van der Waals surface area contributed by atoms with E-state index in [4.69, 9.17) is 22.1 Å². The number of benzene rings is 1. The number of nitrogens with two attached hydrogens (primary N) is 1. The third-order valence-electron chi connectivity index (χ3n) is 2.38. The molecule has 0 spiro atoms. The first-order valence-electron chi connectivity index (χ1n) is 5.77. The Bertz CT molecular complexity index is 368. The minimum absolute atomic E-state index is 0.105. The molecule has 0 amide bonds. The van der Waals surface area contributed by atoms with Crippen LogP contribution >= 0.6 is 11.6 Å². The number of rotatable bonds is 6. The Hall–Kier alpha value is -1.06. The van der Waals surface area contributed by atoms with Crippen LogP contribution in [0.4, 0.5) is 0 Å². The van der Waals surface area contributed by atoms with E-state index in [0.717, 1.165) is 18.4 Å². The van der Waals surface area contributed by atoms with Crippen molar-refractivity contribution in [3.8, 4) is 0 Å². The quantitative estimate of drug-likeness (QED) is 0.796. The summed E-state index contributed by atoms with van der Waals surface area (Å²) in [5.41, 5.74) is 6.64. The van der Waals surface area contributed by atoms with Crippen molar-refractivity contribution in [1.82, 2.24) is 0 Å². The van der Waals surface area contributed by atoms with Crippen molar-refractivity contribution in [2.24, 2.45) is 5.73 Å².